The zero-order valence-corrected chi connectivity index (χ0v) is 15.9. The van der Waals surface area contributed by atoms with E-state index in [-0.39, 0.29) is 30.1 Å². The number of phenolic OH excluding ortho intramolecular Hbond substituents is 2. The van der Waals surface area contributed by atoms with E-state index in [0.717, 1.165) is 0 Å². The van der Waals surface area contributed by atoms with E-state index in [0.29, 0.717) is 16.5 Å². The molecule has 0 amide bonds. The van der Waals surface area contributed by atoms with Gasteiger partial charge in [0.2, 0.25) is 5.75 Å². The summed E-state index contributed by atoms with van der Waals surface area (Å²) >= 11 is 0. The Hall–Kier alpha value is -3.68. The third kappa shape index (κ3) is 3.82. The van der Waals surface area contributed by atoms with Gasteiger partial charge in [-0.3, -0.25) is 9.59 Å². The molecule has 0 unspecified atom stereocenters. The van der Waals surface area contributed by atoms with Crippen LogP contribution in [0.3, 0.4) is 0 Å². The summed E-state index contributed by atoms with van der Waals surface area (Å²) in [5.74, 6) is -2.80. The lowest BCUT2D eigenvalue weighted by Gasteiger charge is -2.20. The number of ether oxygens (including phenoxy) is 2. The van der Waals surface area contributed by atoms with Gasteiger partial charge in [-0.2, -0.15) is 0 Å². The van der Waals surface area contributed by atoms with Crippen molar-refractivity contribution in [3.05, 3.63) is 57.9 Å². The molecule has 4 N–H and O–H groups in total. The molecule has 1 atom stereocenters. The summed E-state index contributed by atoms with van der Waals surface area (Å²) in [6.45, 7) is 1.80. The van der Waals surface area contributed by atoms with Gasteiger partial charge in [-0.15, -0.1) is 0 Å². The van der Waals surface area contributed by atoms with E-state index >= 15 is 0 Å². The predicted octanol–water partition coefficient (Wildman–Crippen LogP) is 2.74. The minimum Gasteiger partial charge on any atom is -0.507 e. The molecule has 0 aliphatic carbocycles. The molecule has 2 aromatic carbocycles. The molecule has 0 spiro atoms. The van der Waals surface area contributed by atoms with E-state index in [1.54, 1.807) is 31.2 Å². The summed E-state index contributed by atoms with van der Waals surface area (Å²) in [5, 5.41) is 31.2. The number of benzene rings is 2. The van der Waals surface area contributed by atoms with Gasteiger partial charge in [0.1, 0.15) is 5.75 Å². The third-order valence-corrected chi connectivity index (χ3v) is 4.65. The number of hydrogen-bond acceptors (Lipinski definition) is 7. The zero-order valence-electron chi connectivity index (χ0n) is 15.9. The Morgan fingerprint density at radius 3 is 2.55 bits per heavy atom. The molecule has 1 aromatic heterocycles. The molecule has 0 bridgehead atoms. The second-order valence-corrected chi connectivity index (χ2v) is 6.41. The number of rotatable bonds is 6. The molecule has 0 saturated heterocycles. The molecule has 0 aliphatic rings. The Morgan fingerprint density at radius 1 is 1.14 bits per heavy atom. The van der Waals surface area contributed by atoms with Crippen LogP contribution in [0.25, 0.3) is 10.9 Å². The van der Waals surface area contributed by atoms with Gasteiger partial charge in [0.25, 0.3) is 5.56 Å². The summed E-state index contributed by atoms with van der Waals surface area (Å²) in [4.78, 5) is 27.7. The van der Waals surface area contributed by atoms with Crippen LogP contribution < -0.4 is 10.3 Å². The molecule has 0 fully saturated rings. The van der Waals surface area contributed by atoms with Crippen molar-refractivity contribution in [1.82, 2.24) is 4.98 Å². The number of nitrogens with one attached hydrogen (secondary N) is 1. The molecule has 152 valence electrons. The summed E-state index contributed by atoms with van der Waals surface area (Å²) in [7, 11) is 1.30. The van der Waals surface area contributed by atoms with E-state index in [4.69, 9.17) is 9.47 Å². The van der Waals surface area contributed by atoms with Crippen LogP contribution in [0, 0.1) is 0 Å². The third-order valence-electron chi connectivity index (χ3n) is 4.65. The summed E-state index contributed by atoms with van der Waals surface area (Å²) in [6.07, 6.45) is -0.268. The molecule has 8 heteroatoms. The fourth-order valence-corrected chi connectivity index (χ4v) is 3.31. The van der Waals surface area contributed by atoms with Crippen LogP contribution in [0.5, 0.6) is 23.0 Å². The maximum Gasteiger partial charge on any atom is 0.306 e. The van der Waals surface area contributed by atoms with E-state index < -0.39 is 28.9 Å². The lowest BCUT2D eigenvalue weighted by atomic mass is 9.87. The summed E-state index contributed by atoms with van der Waals surface area (Å²) in [5.41, 5.74) is 0.104. The Labute approximate surface area is 166 Å². The van der Waals surface area contributed by atoms with Gasteiger partial charge in [-0.25, -0.2) is 0 Å². The van der Waals surface area contributed by atoms with Crippen LogP contribution in [-0.4, -0.2) is 40.0 Å². The highest BCUT2D eigenvalue weighted by atomic mass is 16.5. The normalized spacial score (nSPS) is 11.9. The Bertz CT molecular complexity index is 1120. The number of aromatic nitrogens is 1. The number of H-pyrrole nitrogens is 1. The highest BCUT2D eigenvalue weighted by molar-refractivity contribution is 5.86. The number of esters is 1. The molecular weight excluding hydrogens is 378 g/mol. The first-order chi connectivity index (χ1) is 13.9. The minimum absolute atomic E-state index is 0.0365. The first-order valence-electron chi connectivity index (χ1n) is 8.96. The second kappa shape index (κ2) is 8.14. The van der Waals surface area contributed by atoms with Crippen molar-refractivity contribution in [3.8, 4) is 23.0 Å². The fourth-order valence-electron chi connectivity index (χ4n) is 3.31. The van der Waals surface area contributed by atoms with Crippen LogP contribution in [0.4, 0.5) is 0 Å². The van der Waals surface area contributed by atoms with Gasteiger partial charge in [0.15, 0.2) is 11.5 Å². The molecule has 0 aliphatic heterocycles. The Morgan fingerprint density at radius 2 is 1.86 bits per heavy atom. The van der Waals surface area contributed by atoms with Gasteiger partial charge in [-0.05, 0) is 36.8 Å². The highest BCUT2D eigenvalue weighted by Gasteiger charge is 2.28. The minimum atomic E-state index is -0.956. The van der Waals surface area contributed by atoms with Crippen molar-refractivity contribution in [2.45, 2.75) is 19.3 Å². The Balaban J connectivity index is 2.25. The smallest absolute Gasteiger partial charge is 0.306 e. The number of methoxy groups -OCH3 is 1. The van der Waals surface area contributed by atoms with Crippen LogP contribution in [0.2, 0.25) is 0 Å². The summed E-state index contributed by atoms with van der Waals surface area (Å²) < 4.78 is 10.1. The molecule has 0 radical (unpaired) electrons. The summed E-state index contributed by atoms with van der Waals surface area (Å²) in [6, 6.07) is 9.33. The van der Waals surface area contributed by atoms with Gasteiger partial charge in [-0.1, -0.05) is 12.1 Å². The number of fused-ring (bicyclic) bond motifs is 1. The quantitative estimate of drug-likeness (QED) is 0.370. The number of phenols is 2. The molecule has 29 heavy (non-hydrogen) atoms. The fraction of sp³-hybridized carbons (Fsp3) is 0.238. The maximum absolute atomic E-state index is 12.8. The largest absolute Gasteiger partial charge is 0.507 e. The van der Waals surface area contributed by atoms with E-state index in [1.165, 1.54) is 19.2 Å². The van der Waals surface area contributed by atoms with Crippen molar-refractivity contribution in [1.29, 1.82) is 0 Å². The molecule has 8 nitrogen and oxygen atoms in total. The molecule has 3 aromatic rings. The number of hydrogen-bond donors (Lipinski definition) is 4. The lowest BCUT2D eigenvalue weighted by molar-refractivity contribution is -0.143. The number of carbonyl (C=O) groups is 1. The van der Waals surface area contributed by atoms with E-state index in [9.17, 15) is 24.9 Å². The first kappa shape index (κ1) is 20.1. The zero-order chi connectivity index (χ0) is 21.1. The van der Waals surface area contributed by atoms with Gasteiger partial charge in [0, 0.05) is 11.3 Å². The van der Waals surface area contributed by atoms with Gasteiger partial charge < -0.3 is 29.8 Å². The van der Waals surface area contributed by atoms with E-state index in [2.05, 4.69) is 4.98 Å². The van der Waals surface area contributed by atoms with Crippen molar-refractivity contribution < 1.29 is 29.6 Å². The topological polar surface area (TPSA) is 129 Å². The van der Waals surface area contributed by atoms with Crippen LogP contribution in [0.15, 0.2) is 41.2 Å². The average Bonchev–Trinajstić information content (AvgIpc) is 2.69. The van der Waals surface area contributed by atoms with Crippen LogP contribution in [0.1, 0.15) is 30.4 Å². The lowest BCUT2D eigenvalue weighted by Crippen LogP contribution is -2.21. The van der Waals surface area contributed by atoms with Crippen molar-refractivity contribution in [3.63, 3.8) is 0 Å². The first-order valence-corrected chi connectivity index (χ1v) is 8.96. The van der Waals surface area contributed by atoms with Gasteiger partial charge in [0.05, 0.1) is 31.2 Å². The average molecular weight is 399 g/mol. The number of pyridine rings is 1. The van der Waals surface area contributed by atoms with E-state index in [1.807, 2.05) is 0 Å². The van der Waals surface area contributed by atoms with Crippen molar-refractivity contribution >= 4 is 16.9 Å². The highest BCUT2D eigenvalue weighted by Crippen LogP contribution is 2.42. The molecular formula is C21H21NO7. The SMILES string of the molecule is CCOC(=O)C[C@H](c1cc(O)c(O)c(OC)c1)c1c(O)c2ccccc2[nH]c1=O. The second-order valence-electron chi connectivity index (χ2n) is 6.41. The van der Waals surface area contributed by atoms with Gasteiger partial charge >= 0.3 is 5.97 Å². The monoisotopic (exact) mass is 399 g/mol. The number of carbonyl (C=O) groups excluding carboxylic acids is 1. The predicted molar refractivity (Wildman–Crippen MR) is 106 cm³/mol. The number of aromatic amines is 1. The molecule has 1 heterocycles. The molecule has 3 rings (SSSR count). The van der Waals surface area contributed by atoms with Crippen molar-refractivity contribution in [2.75, 3.05) is 13.7 Å². The molecule has 0 saturated carbocycles. The number of para-hydroxylation sites is 1. The van der Waals surface area contributed by atoms with Crippen LogP contribution >= 0.6 is 0 Å². The maximum atomic E-state index is 12.8. The number of aromatic hydroxyl groups is 3. The van der Waals surface area contributed by atoms with Crippen LogP contribution in [-0.2, 0) is 9.53 Å². The Kier molecular flexibility index (Phi) is 5.63. The van der Waals surface area contributed by atoms with Crippen molar-refractivity contribution in [2.24, 2.45) is 0 Å². The standard InChI is InChI=1S/C21H21NO7/c1-3-29-17(24)10-13(11-8-15(23)20(26)16(9-11)28-2)18-19(25)12-6-4-5-7-14(12)22-21(18)27/h4-9,13,23,26H,3,10H2,1-2H3,(H2,22,25,27)/t13-/m1/s1.